The van der Waals surface area contributed by atoms with Gasteiger partial charge in [0.2, 0.25) is 5.28 Å². The van der Waals surface area contributed by atoms with E-state index in [0.29, 0.717) is 5.28 Å². The smallest absolute Gasteiger partial charge is 0.203 e. The van der Waals surface area contributed by atoms with E-state index in [4.69, 9.17) is 23.2 Å². The Morgan fingerprint density at radius 3 is 2.75 bits per heavy atom. The molecule has 0 N–H and O–H groups in total. The molecular weight excluding hydrogens is 243 g/mol. The molecule has 0 unspecified atom stereocenters. The van der Waals surface area contributed by atoms with Gasteiger partial charge in [-0.05, 0) is 36.6 Å². The van der Waals surface area contributed by atoms with Crippen molar-refractivity contribution in [3.63, 3.8) is 0 Å². The molecule has 86 valence electrons. The lowest BCUT2D eigenvalue weighted by atomic mass is 10.2. The van der Waals surface area contributed by atoms with E-state index < -0.39 is 0 Å². The lowest BCUT2D eigenvalue weighted by molar-refractivity contribution is 0.615. The molecular formula is C12H14Cl2N2. The van der Waals surface area contributed by atoms with E-state index in [-0.39, 0.29) is 0 Å². The van der Waals surface area contributed by atoms with Crippen LogP contribution in [0.2, 0.25) is 5.28 Å². The van der Waals surface area contributed by atoms with Crippen molar-refractivity contribution in [1.82, 2.24) is 9.55 Å². The highest BCUT2D eigenvalue weighted by atomic mass is 35.5. The van der Waals surface area contributed by atoms with Crippen molar-refractivity contribution in [2.45, 2.75) is 25.8 Å². The average molecular weight is 257 g/mol. The Balaban J connectivity index is 2.13. The van der Waals surface area contributed by atoms with E-state index in [2.05, 4.69) is 15.6 Å². The molecule has 0 aliphatic heterocycles. The van der Waals surface area contributed by atoms with Crippen LogP contribution >= 0.6 is 23.2 Å². The first kappa shape index (κ1) is 11.7. The Labute approximate surface area is 105 Å². The van der Waals surface area contributed by atoms with Crippen molar-refractivity contribution in [2.75, 3.05) is 5.88 Å². The van der Waals surface area contributed by atoms with Crippen LogP contribution in [0.25, 0.3) is 11.0 Å². The monoisotopic (exact) mass is 256 g/mol. The summed E-state index contributed by atoms with van der Waals surface area (Å²) in [7, 11) is 0. The van der Waals surface area contributed by atoms with Crippen LogP contribution in [-0.2, 0) is 6.54 Å². The first-order valence-corrected chi connectivity index (χ1v) is 6.41. The topological polar surface area (TPSA) is 17.8 Å². The molecule has 4 heteroatoms. The first-order valence-electron chi connectivity index (χ1n) is 5.49. The largest absolute Gasteiger partial charge is 0.315 e. The van der Waals surface area contributed by atoms with Crippen LogP contribution in [0.4, 0.5) is 0 Å². The average Bonchev–Trinajstić information content (AvgIpc) is 2.61. The lowest BCUT2D eigenvalue weighted by Crippen LogP contribution is -1.98. The normalized spacial score (nSPS) is 11.1. The van der Waals surface area contributed by atoms with Crippen LogP contribution in [0.3, 0.4) is 0 Å². The fourth-order valence-electron chi connectivity index (χ4n) is 1.80. The van der Waals surface area contributed by atoms with E-state index in [9.17, 15) is 0 Å². The third kappa shape index (κ3) is 2.50. The van der Waals surface area contributed by atoms with Gasteiger partial charge in [-0.2, -0.15) is 0 Å². The van der Waals surface area contributed by atoms with Gasteiger partial charge < -0.3 is 4.57 Å². The summed E-state index contributed by atoms with van der Waals surface area (Å²) < 4.78 is 2.06. The number of aromatic nitrogens is 2. The van der Waals surface area contributed by atoms with Gasteiger partial charge in [0.1, 0.15) is 0 Å². The highest BCUT2D eigenvalue weighted by molar-refractivity contribution is 6.29. The van der Waals surface area contributed by atoms with E-state index in [1.807, 2.05) is 18.2 Å². The standard InChI is InChI=1S/C12H14Cl2N2/c13-8-4-1-5-9-16-11-7-3-2-6-10(11)15-12(16)14/h2-3,6-7H,1,4-5,8-9H2. The van der Waals surface area contributed by atoms with Gasteiger partial charge >= 0.3 is 0 Å². The zero-order valence-corrected chi connectivity index (χ0v) is 10.5. The molecule has 1 heterocycles. The maximum Gasteiger partial charge on any atom is 0.203 e. The summed E-state index contributed by atoms with van der Waals surface area (Å²) in [5.41, 5.74) is 2.07. The summed E-state index contributed by atoms with van der Waals surface area (Å²) in [6, 6.07) is 8.02. The second kappa shape index (κ2) is 5.55. The highest BCUT2D eigenvalue weighted by Gasteiger charge is 2.06. The molecule has 0 aliphatic rings. The van der Waals surface area contributed by atoms with Crippen LogP contribution in [0.15, 0.2) is 24.3 Å². The third-order valence-corrected chi connectivity index (χ3v) is 3.18. The maximum atomic E-state index is 6.11. The van der Waals surface area contributed by atoms with Crippen LogP contribution in [0, 0.1) is 0 Å². The van der Waals surface area contributed by atoms with Crippen molar-refractivity contribution in [3.8, 4) is 0 Å². The van der Waals surface area contributed by atoms with E-state index in [1.165, 1.54) is 0 Å². The number of hydrogen-bond donors (Lipinski definition) is 0. The molecule has 0 spiro atoms. The zero-order chi connectivity index (χ0) is 11.4. The minimum atomic E-state index is 0.576. The third-order valence-electron chi connectivity index (χ3n) is 2.62. The summed E-state index contributed by atoms with van der Waals surface area (Å²) in [5, 5.41) is 0.576. The number of imidazole rings is 1. The molecule has 0 amide bonds. The molecule has 1 aromatic heterocycles. The van der Waals surface area contributed by atoms with Crippen molar-refractivity contribution in [1.29, 1.82) is 0 Å². The fraction of sp³-hybridized carbons (Fsp3) is 0.417. The van der Waals surface area contributed by atoms with Crippen molar-refractivity contribution >= 4 is 34.2 Å². The Morgan fingerprint density at radius 2 is 1.94 bits per heavy atom. The number of unbranched alkanes of at least 4 members (excludes halogenated alkanes) is 2. The van der Waals surface area contributed by atoms with Gasteiger partial charge in [0, 0.05) is 12.4 Å². The quantitative estimate of drug-likeness (QED) is 0.582. The number of alkyl halides is 1. The Morgan fingerprint density at radius 1 is 1.12 bits per heavy atom. The molecule has 2 nitrogen and oxygen atoms in total. The predicted molar refractivity (Wildman–Crippen MR) is 69.3 cm³/mol. The number of benzene rings is 1. The van der Waals surface area contributed by atoms with Crippen LogP contribution in [-0.4, -0.2) is 15.4 Å². The second-order valence-electron chi connectivity index (χ2n) is 3.77. The Bertz CT molecular complexity index is 465. The van der Waals surface area contributed by atoms with Gasteiger partial charge in [-0.3, -0.25) is 0 Å². The summed E-state index contributed by atoms with van der Waals surface area (Å²) >= 11 is 11.7. The van der Waals surface area contributed by atoms with Crippen LogP contribution < -0.4 is 0 Å². The number of fused-ring (bicyclic) bond motifs is 1. The predicted octanol–water partition coefficient (Wildman–Crippen LogP) is 4.10. The summed E-state index contributed by atoms with van der Waals surface area (Å²) in [5.74, 6) is 0.735. The number of aryl methyl sites for hydroxylation is 1. The van der Waals surface area contributed by atoms with Crippen LogP contribution in [0.5, 0.6) is 0 Å². The molecule has 2 aromatic rings. The van der Waals surface area contributed by atoms with E-state index in [0.717, 1.165) is 42.7 Å². The molecule has 1 aromatic carbocycles. The number of rotatable bonds is 5. The van der Waals surface area contributed by atoms with E-state index >= 15 is 0 Å². The molecule has 0 saturated carbocycles. The Hall–Kier alpha value is -0.730. The fourth-order valence-corrected chi connectivity index (χ4v) is 2.26. The van der Waals surface area contributed by atoms with Crippen LogP contribution in [0.1, 0.15) is 19.3 Å². The molecule has 0 atom stereocenters. The minimum absolute atomic E-state index is 0.576. The SMILES string of the molecule is ClCCCCCn1c(Cl)nc2ccccc21. The van der Waals surface area contributed by atoms with Gasteiger partial charge in [0.25, 0.3) is 0 Å². The summed E-state index contributed by atoms with van der Waals surface area (Å²) in [6.07, 6.45) is 3.28. The molecule has 0 radical (unpaired) electrons. The van der Waals surface area contributed by atoms with Gasteiger partial charge in [-0.1, -0.05) is 18.6 Å². The molecule has 0 saturated heterocycles. The van der Waals surface area contributed by atoms with Gasteiger partial charge in [-0.25, -0.2) is 4.98 Å². The number of hydrogen-bond acceptors (Lipinski definition) is 1. The van der Waals surface area contributed by atoms with Crippen molar-refractivity contribution in [3.05, 3.63) is 29.5 Å². The number of nitrogens with zero attached hydrogens (tertiary/aromatic N) is 2. The van der Waals surface area contributed by atoms with Gasteiger partial charge in [-0.15, -0.1) is 11.6 Å². The lowest BCUT2D eigenvalue weighted by Gasteiger charge is -2.04. The van der Waals surface area contributed by atoms with Crippen molar-refractivity contribution in [2.24, 2.45) is 0 Å². The molecule has 0 aliphatic carbocycles. The second-order valence-corrected chi connectivity index (χ2v) is 4.49. The minimum Gasteiger partial charge on any atom is -0.315 e. The van der Waals surface area contributed by atoms with Gasteiger partial charge in [0.15, 0.2) is 0 Å². The first-order chi connectivity index (χ1) is 7.83. The highest BCUT2D eigenvalue weighted by Crippen LogP contribution is 2.20. The molecule has 16 heavy (non-hydrogen) atoms. The molecule has 0 fully saturated rings. The maximum absolute atomic E-state index is 6.11. The molecule has 0 bridgehead atoms. The number of para-hydroxylation sites is 2. The summed E-state index contributed by atoms with van der Waals surface area (Å²) in [6.45, 7) is 0.913. The van der Waals surface area contributed by atoms with Crippen molar-refractivity contribution < 1.29 is 0 Å². The molecule has 2 rings (SSSR count). The zero-order valence-electron chi connectivity index (χ0n) is 9.00. The number of halogens is 2. The summed E-state index contributed by atoms with van der Waals surface area (Å²) in [4.78, 5) is 4.31. The van der Waals surface area contributed by atoms with Gasteiger partial charge in [0.05, 0.1) is 11.0 Å². The van der Waals surface area contributed by atoms with E-state index in [1.54, 1.807) is 0 Å². The Kier molecular flexibility index (Phi) is 4.08.